The summed E-state index contributed by atoms with van der Waals surface area (Å²) in [5, 5.41) is 7.63. The molecule has 0 aliphatic rings. The minimum atomic E-state index is -3.62. The summed E-state index contributed by atoms with van der Waals surface area (Å²) in [7, 11) is -3.62. The lowest BCUT2D eigenvalue weighted by Crippen LogP contribution is -2.29. The van der Waals surface area contributed by atoms with Crippen LogP contribution in [-0.4, -0.2) is 36.1 Å². The fourth-order valence-electron chi connectivity index (χ4n) is 3.18. The smallest absolute Gasteiger partial charge is 0.241 e. The first kappa shape index (κ1) is 21.9. The molecule has 4 aromatic rings. The maximum absolute atomic E-state index is 12.6. The van der Waals surface area contributed by atoms with Crippen molar-refractivity contribution in [1.82, 2.24) is 19.3 Å². The number of benzene rings is 2. The zero-order valence-corrected chi connectivity index (χ0v) is 20.5. The molecule has 0 spiro atoms. The molecule has 0 amide bonds. The minimum absolute atomic E-state index is 0.204. The number of aromatic nitrogens is 3. The van der Waals surface area contributed by atoms with E-state index in [9.17, 15) is 8.42 Å². The predicted octanol–water partition coefficient (Wildman–Crippen LogP) is 4.62. The van der Waals surface area contributed by atoms with E-state index < -0.39 is 10.0 Å². The second kappa shape index (κ2) is 9.07. The molecule has 2 heterocycles. The Hall–Kier alpha value is -2.27. The normalized spacial score (nSPS) is 11.7. The first-order chi connectivity index (χ1) is 14.9. The molecule has 7 nitrogen and oxygen atoms in total. The number of hydrogen-bond donors (Lipinski definition) is 2. The Morgan fingerprint density at radius 3 is 2.52 bits per heavy atom. The Kier molecular flexibility index (Phi) is 6.42. The summed E-state index contributed by atoms with van der Waals surface area (Å²) in [6.45, 7) is 2.61. The van der Waals surface area contributed by atoms with Crippen LogP contribution in [0.5, 0.6) is 0 Å². The van der Waals surface area contributed by atoms with Gasteiger partial charge in [-0.05, 0) is 56.5 Å². The topological polar surface area (TPSA) is 88.4 Å². The summed E-state index contributed by atoms with van der Waals surface area (Å²) in [5.41, 5.74) is 3.62. The molecule has 0 saturated heterocycles. The lowest BCUT2D eigenvalue weighted by Gasteiger charge is -2.13. The highest BCUT2D eigenvalue weighted by Gasteiger charge is 2.17. The van der Waals surface area contributed by atoms with Gasteiger partial charge in [0.15, 0.2) is 5.65 Å². The van der Waals surface area contributed by atoms with Crippen LogP contribution in [0.2, 0.25) is 0 Å². The molecule has 4 rings (SSSR count). The summed E-state index contributed by atoms with van der Waals surface area (Å²) in [6, 6.07) is 16.7. The number of sulfonamides is 1. The maximum atomic E-state index is 12.6. The number of nitrogens with zero attached hydrogens (tertiary/aromatic N) is 3. The Balaban J connectivity index is 1.55. The van der Waals surface area contributed by atoms with Crippen LogP contribution in [0.15, 0.2) is 74.6 Å². The van der Waals surface area contributed by atoms with Gasteiger partial charge in [-0.25, -0.2) is 18.1 Å². The first-order valence-electron chi connectivity index (χ1n) is 9.45. The standard InChI is InChI=1S/C21H19Br2N5O2S/c1-14-6-2-3-7-15(14)18-12-20(28-21(27-18)17(23)13-25-28)24-10-11-26-31(29,30)19-9-5-4-8-16(19)22/h2-9,12-13,24,26H,10-11H2,1H3. The van der Waals surface area contributed by atoms with Crippen LogP contribution in [-0.2, 0) is 10.0 Å². The molecular formula is C21H19Br2N5O2S. The van der Waals surface area contributed by atoms with E-state index in [-0.39, 0.29) is 11.4 Å². The van der Waals surface area contributed by atoms with E-state index in [0.29, 0.717) is 22.5 Å². The van der Waals surface area contributed by atoms with Gasteiger partial charge in [0.2, 0.25) is 10.0 Å². The van der Waals surface area contributed by atoms with Crippen LogP contribution in [0.25, 0.3) is 16.9 Å². The number of rotatable bonds is 7. The molecule has 31 heavy (non-hydrogen) atoms. The number of fused-ring (bicyclic) bond motifs is 1. The molecule has 0 saturated carbocycles. The molecule has 2 aromatic heterocycles. The summed E-state index contributed by atoms with van der Waals surface area (Å²) in [4.78, 5) is 4.95. The summed E-state index contributed by atoms with van der Waals surface area (Å²) >= 11 is 6.78. The van der Waals surface area contributed by atoms with E-state index in [0.717, 1.165) is 21.3 Å². The lowest BCUT2D eigenvalue weighted by molar-refractivity contribution is 0.582. The Morgan fingerprint density at radius 1 is 1.00 bits per heavy atom. The molecule has 160 valence electrons. The predicted molar refractivity (Wildman–Crippen MR) is 129 cm³/mol. The fraction of sp³-hybridized carbons (Fsp3) is 0.143. The molecule has 0 bridgehead atoms. The Morgan fingerprint density at radius 2 is 1.74 bits per heavy atom. The van der Waals surface area contributed by atoms with E-state index in [1.807, 2.05) is 37.3 Å². The largest absolute Gasteiger partial charge is 0.369 e. The van der Waals surface area contributed by atoms with Crippen molar-refractivity contribution in [3.63, 3.8) is 0 Å². The van der Waals surface area contributed by atoms with Crippen LogP contribution < -0.4 is 10.0 Å². The molecule has 0 unspecified atom stereocenters. The molecular weight excluding hydrogens is 546 g/mol. The van der Waals surface area contributed by atoms with Crippen molar-refractivity contribution < 1.29 is 8.42 Å². The van der Waals surface area contributed by atoms with Crippen molar-refractivity contribution in [1.29, 1.82) is 0 Å². The average Bonchev–Trinajstić information content (AvgIpc) is 3.12. The van der Waals surface area contributed by atoms with Gasteiger partial charge in [0.05, 0.1) is 21.3 Å². The van der Waals surface area contributed by atoms with Gasteiger partial charge in [0, 0.05) is 29.2 Å². The third-order valence-corrected chi connectivity index (χ3v) is 7.73. The molecule has 0 radical (unpaired) electrons. The number of hydrogen-bond acceptors (Lipinski definition) is 5. The second-order valence-corrected chi connectivity index (χ2v) is 10.3. The summed E-state index contributed by atoms with van der Waals surface area (Å²) < 4.78 is 30.7. The van der Waals surface area contributed by atoms with Crippen molar-refractivity contribution in [2.24, 2.45) is 0 Å². The lowest BCUT2D eigenvalue weighted by atomic mass is 10.1. The van der Waals surface area contributed by atoms with Gasteiger partial charge >= 0.3 is 0 Å². The molecule has 0 fully saturated rings. The molecule has 10 heteroatoms. The van der Waals surface area contributed by atoms with Gasteiger partial charge in [0.25, 0.3) is 0 Å². The molecule has 0 atom stereocenters. The first-order valence-corrected chi connectivity index (χ1v) is 12.5. The second-order valence-electron chi connectivity index (χ2n) is 6.82. The quantitative estimate of drug-likeness (QED) is 0.320. The van der Waals surface area contributed by atoms with Crippen LogP contribution in [0.3, 0.4) is 0 Å². The van der Waals surface area contributed by atoms with Crippen LogP contribution in [0.1, 0.15) is 5.56 Å². The maximum Gasteiger partial charge on any atom is 0.241 e. The van der Waals surface area contributed by atoms with Crippen molar-refractivity contribution in [3.8, 4) is 11.3 Å². The van der Waals surface area contributed by atoms with Crippen LogP contribution in [0.4, 0.5) is 5.82 Å². The number of anilines is 1. The number of nitrogens with one attached hydrogen (secondary N) is 2. The van der Waals surface area contributed by atoms with Gasteiger partial charge < -0.3 is 5.32 Å². The van der Waals surface area contributed by atoms with Crippen molar-refractivity contribution in [2.75, 3.05) is 18.4 Å². The van der Waals surface area contributed by atoms with Crippen LogP contribution >= 0.6 is 31.9 Å². The molecule has 2 N–H and O–H groups in total. The van der Waals surface area contributed by atoms with Crippen LogP contribution in [0, 0.1) is 6.92 Å². The Bertz CT molecular complexity index is 1360. The average molecular weight is 565 g/mol. The number of halogens is 2. The summed E-state index contributed by atoms with van der Waals surface area (Å²) in [6.07, 6.45) is 1.69. The van der Waals surface area contributed by atoms with Crippen molar-refractivity contribution >= 4 is 53.3 Å². The zero-order chi connectivity index (χ0) is 22.0. The highest BCUT2D eigenvalue weighted by atomic mass is 79.9. The van der Waals surface area contributed by atoms with E-state index in [1.54, 1.807) is 35.0 Å². The Labute approximate surface area is 197 Å². The SMILES string of the molecule is Cc1ccccc1-c1cc(NCCNS(=O)(=O)c2ccccc2Br)n2ncc(Br)c2n1. The van der Waals surface area contributed by atoms with Gasteiger partial charge in [-0.1, -0.05) is 36.4 Å². The van der Waals surface area contributed by atoms with E-state index in [4.69, 9.17) is 4.98 Å². The molecule has 0 aliphatic carbocycles. The van der Waals surface area contributed by atoms with E-state index in [1.165, 1.54) is 0 Å². The van der Waals surface area contributed by atoms with Gasteiger partial charge in [-0.2, -0.15) is 9.61 Å². The number of aryl methyl sites for hydroxylation is 1. The fourth-order valence-corrected chi connectivity index (χ4v) is 5.56. The van der Waals surface area contributed by atoms with E-state index >= 15 is 0 Å². The highest BCUT2D eigenvalue weighted by molar-refractivity contribution is 9.11. The molecule has 2 aromatic carbocycles. The van der Waals surface area contributed by atoms with Gasteiger partial charge in [-0.15, -0.1) is 0 Å². The van der Waals surface area contributed by atoms with E-state index in [2.05, 4.69) is 47.0 Å². The van der Waals surface area contributed by atoms with Crippen molar-refractivity contribution in [3.05, 3.63) is 75.3 Å². The third-order valence-electron chi connectivity index (χ3n) is 4.70. The minimum Gasteiger partial charge on any atom is -0.369 e. The van der Waals surface area contributed by atoms with Crippen molar-refractivity contribution in [2.45, 2.75) is 11.8 Å². The van der Waals surface area contributed by atoms with Gasteiger partial charge in [0.1, 0.15) is 5.82 Å². The van der Waals surface area contributed by atoms with Gasteiger partial charge in [-0.3, -0.25) is 0 Å². The zero-order valence-electron chi connectivity index (χ0n) is 16.5. The highest BCUT2D eigenvalue weighted by Crippen LogP contribution is 2.27. The molecule has 0 aliphatic heterocycles. The monoisotopic (exact) mass is 563 g/mol. The third kappa shape index (κ3) is 4.67. The summed E-state index contributed by atoms with van der Waals surface area (Å²) in [5.74, 6) is 0.717.